The van der Waals surface area contributed by atoms with Crippen LogP contribution in [-0.4, -0.2) is 73.2 Å². The van der Waals surface area contributed by atoms with Gasteiger partial charge in [0.2, 0.25) is 0 Å². The van der Waals surface area contributed by atoms with Crippen molar-refractivity contribution in [3.63, 3.8) is 0 Å². The zero-order valence-corrected chi connectivity index (χ0v) is 19.8. The fourth-order valence-electron chi connectivity index (χ4n) is 4.72. The Morgan fingerprint density at radius 3 is 2.58 bits per heavy atom. The van der Waals surface area contributed by atoms with Crippen LogP contribution in [0.5, 0.6) is 0 Å². The van der Waals surface area contributed by atoms with Crippen LogP contribution in [0.25, 0.3) is 5.69 Å². The molecule has 0 radical (unpaired) electrons. The summed E-state index contributed by atoms with van der Waals surface area (Å²) in [6.07, 6.45) is 2.03. The van der Waals surface area contributed by atoms with E-state index in [-0.39, 0.29) is 17.6 Å². The van der Waals surface area contributed by atoms with E-state index >= 15 is 0 Å². The second-order valence-electron chi connectivity index (χ2n) is 8.77. The van der Waals surface area contributed by atoms with Gasteiger partial charge in [0, 0.05) is 36.3 Å². The van der Waals surface area contributed by atoms with Gasteiger partial charge in [-0.3, -0.25) is 4.79 Å². The number of aryl methyl sites for hydroxylation is 1. The maximum absolute atomic E-state index is 13.0. The highest BCUT2D eigenvalue weighted by Crippen LogP contribution is 2.23. The molecular weight excluding hydrogens is 444 g/mol. The molecule has 1 aromatic heterocycles. The third-order valence-corrected chi connectivity index (χ3v) is 8.14. The number of carbonyl (C=O) groups is 2. The van der Waals surface area contributed by atoms with Crippen LogP contribution < -0.4 is 0 Å². The summed E-state index contributed by atoms with van der Waals surface area (Å²) in [5, 5.41) is 0. The average molecular weight is 475 g/mol. The van der Waals surface area contributed by atoms with E-state index in [1.807, 2.05) is 48.7 Å². The highest BCUT2D eigenvalue weighted by molar-refractivity contribution is 7.91. The topological polar surface area (TPSA) is 94.9 Å². The molecule has 0 saturated carbocycles. The molecule has 0 N–H and O–H groups in total. The summed E-state index contributed by atoms with van der Waals surface area (Å²) in [6.45, 7) is 4.27. The second kappa shape index (κ2) is 9.69. The first kappa shape index (κ1) is 23.5. The van der Waals surface area contributed by atoms with E-state index < -0.39 is 34.4 Å². The lowest BCUT2D eigenvalue weighted by atomic mass is 10.1. The highest BCUT2D eigenvalue weighted by atomic mass is 32.2. The van der Waals surface area contributed by atoms with Crippen LogP contribution in [0.3, 0.4) is 0 Å². The molecule has 8 nitrogen and oxygen atoms in total. The van der Waals surface area contributed by atoms with Crippen LogP contribution in [0.2, 0.25) is 0 Å². The standard InChI is InChI=1S/C24H30N2O6S/c1-17-13-22(18(2)26(17)19-7-4-3-5-8-19)24(28)32-15-23(27)25(14-21-9-6-11-31-21)20-10-12-33(29,30)16-20/h3-5,7-8,13,20-21H,6,9-12,14-16H2,1-2H3. The summed E-state index contributed by atoms with van der Waals surface area (Å²) in [5.74, 6) is -0.955. The number of esters is 1. The Hall–Kier alpha value is -2.65. The Bertz CT molecular complexity index is 1120. The monoisotopic (exact) mass is 474 g/mol. The van der Waals surface area contributed by atoms with E-state index in [1.165, 1.54) is 0 Å². The quantitative estimate of drug-likeness (QED) is 0.572. The third-order valence-electron chi connectivity index (χ3n) is 6.39. The van der Waals surface area contributed by atoms with E-state index in [4.69, 9.17) is 9.47 Å². The van der Waals surface area contributed by atoms with Gasteiger partial charge in [-0.15, -0.1) is 0 Å². The zero-order chi connectivity index (χ0) is 23.6. The molecule has 2 saturated heterocycles. The van der Waals surface area contributed by atoms with Gasteiger partial charge in [0.15, 0.2) is 16.4 Å². The summed E-state index contributed by atoms with van der Waals surface area (Å²) < 4.78 is 37.0. The first-order valence-corrected chi connectivity index (χ1v) is 13.1. The molecule has 2 aliphatic heterocycles. The maximum atomic E-state index is 13.0. The first-order valence-electron chi connectivity index (χ1n) is 11.3. The minimum absolute atomic E-state index is 0.0579. The molecule has 4 rings (SSSR count). The van der Waals surface area contributed by atoms with Crippen LogP contribution in [0, 0.1) is 13.8 Å². The van der Waals surface area contributed by atoms with Crippen molar-refractivity contribution >= 4 is 21.7 Å². The Balaban J connectivity index is 1.45. The molecule has 2 fully saturated rings. The zero-order valence-electron chi connectivity index (χ0n) is 19.0. The minimum atomic E-state index is -3.16. The number of amides is 1. The number of hydrogen-bond donors (Lipinski definition) is 0. The van der Waals surface area contributed by atoms with Gasteiger partial charge in [0.05, 0.1) is 23.2 Å². The lowest BCUT2D eigenvalue weighted by molar-refractivity contribution is -0.138. The van der Waals surface area contributed by atoms with Gasteiger partial charge in [-0.1, -0.05) is 18.2 Å². The number of ether oxygens (including phenoxy) is 2. The predicted molar refractivity (Wildman–Crippen MR) is 123 cm³/mol. The second-order valence-corrected chi connectivity index (χ2v) is 11.0. The van der Waals surface area contributed by atoms with Crippen molar-refractivity contribution in [2.24, 2.45) is 0 Å². The van der Waals surface area contributed by atoms with Crippen LogP contribution in [0.1, 0.15) is 41.0 Å². The van der Waals surface area contributed by atoms with Gasteiger partial charge >= 0.3 is 5.97 Å². The van der Waals surface area contributed by atoms with E-state index in [1.54, 1.807) is 11.0 Å². The van der Waals surface area contributed by atoms with Crippen LogP contribution in [-0.2, 0) is 24.1 Å². The smallest absolute Gasteiger partial charge is 0.340 e. The van der Waals surface area contributed by atoms with Crippen molar-refractivity contribution in [2.45, 2.75) is 45.3 Å². The van der Waals surface area contributed by atoms with E-state index in [0.29, 0.717) is 25.1 Å². The normalized spacial score (nSPS) is 21.8. The lowest BCUT2D eigenvalue weighted by Crippen LogP contribution is -2.47. The van der Waals surface area contributed by atoms with Crippen molar-refractivity contribution in [3.05, 3.63) is 53.3 Å². The number of rotatable bonds is 7. The molecule has 33 heavy (non-hydrogen) atoms. The molecule has 2 atom stereocenters. The number of carbonyl (C=O) groups excluding carboxylic acids is 2. The summed E-state index contributed by atoms with van der Waals surface area (Å²) >= 11 is 0. The van der Waals surface area contributed by atoms with Crippen LogP contribution in [0.15, 0.2) is 36.4 Å². The highest BCUT2D eigenvalue weighted by Gasteiger charge is 2.36. The molecule has 2 unspecified atom stereocenters. The van der Waals surface area contributed by atoms with Crippen molar-refractivity contribution in [1.29, 1.82) is 0 Å². The molecule has 178 valence electrons. The number of hydrogen-bond acceptors (Lipinski definition) is 6. The van der Waals surface area contributed by atoms with Crippen LogP contribution >= 0.6 is 0 Å². The molecule has 2 aromatic rings. The Morgan fingerprint density at radius 1 is 1.18 bits per heavy atom. The van der Waals surface area contributed by atoms with Crippen LogP contribution in [0.4, 0.5) is 0 Å². The summed E-state index contributed by atoms with van der Waals surface area (Å²) in [7, 11) is -3.16. The van der Waals surface area contributed by atoms with E-state index in [0.717, 1.165) is 29.9 Å². The number of aromatic nitrogens is 1. The molecule has 0 bridgehead atoms. The Labute approximate surface area is 194 Å². The molecular formula is C24H30N2O6S. The largest absolute Gasteiger partial charge is 0.452 e. The fourth-order valence-corrected chi connectivity index (χ4v) is 6.45. The Kier molecular flexibility index (Phi) is 6.90. The number of nitrogens with zero attached hydrogens (tertiary/aromatic N) is 2. The van der Waals surface area contributed by atoms with Gasteiger partial charge in [-0.25, -0.2) is 13.2 Å². The number of benzene rings is 1. The summed E-state index contributed by atoms with van der Waals surface area (Å²) in [5.41, 5.74) is 2.95. The van der Waals surface area contributed by atoms with Crippen molar-refractivity contribution < 1.29 is 27.5 Å². The van der Waals surface area contributed by atoms with Crippen molar-refractivity contribution in [3.8, 4) is 5.69 Å². The molecule has 1 amide bonds. The van der Waals surface area contributed by atoms with Gasteiger partial charge in [-0.2, -0.15) is 0 Å². The average Bonchev–Trinajstić information content (AvgIpc) is 3.50. The molecule has 3 heterocycles. The molecule has 0 aliphatic carbocycles. The van der Waals surface area contributed by atoms with E-state index in [9.17, 15) is 18.0 Å². The summed E-state index contributed by atoms with van der Waals surface area (Å²) in [4.78, 5) is 27.4. The number of sulfone groups is 1. The molecule has 0 spiro atoms. The third kappa shape index (κ3) is 5.30. The molecule has 2 aliphatic rings. The van der Waals surface area contributed by atoms with Crippen molar-refractivity contribution in [2.75, 3.05) is 31.3 Å². The fraction of sp³-hybridized carbons (Fsp3) is 0.500. The van der Waals surface area contributed by atoms with Gasteiger partial charge in [0.25, 0.3) is 5.91 Å². The first-order chi connectivity index (χ1) is 15.7. The van der Waals surface area contributed by atoms with Gasteiger partial charge in [0.1, 0.15) is 0 Å². The lowest BCUT2D eigenvalue weighted by Gasteiger charge is -2.30. The SMILES string of the molecule is Cc1cc(C(=O)OCC(=O)N(CC2CCCO2)C2CCS(=O)(=O)C2)c(C)n1-c1ccccc1. The molecule has 9 heteroatoms. The summed E-state index contributed by atoms with van der Waals surface area (Å²) in [6, 6.07) is 11.0. The predicted octanol–water partition coefficient (Wildman–Crippen LogP) is 2.45. The van der Waals surface area contributed by atoms with Gasteiger partial charge in [-0.05, 0) is 51.3 Å². The number of para-hydroxylation sites is 1. The van der Waals surface area contributed by atoms with Gasteiger partial charge < -0.3 is 18.9 Å². The minimum Gasteiger partial charge on any atom is -0.452 e. The maximum Gasteiger partial charge on any atom is 0.340 e. The molecule has 1 aromatic carbocycles. The van der Waals surface area contributed by atoms with E-state index in [2.05, 4.69) is 0 Å². The Morgan fingerprint density at radius 2 is 1.94 bits per heavy atom. The van der Waals surface area contributed by atoms with Crippen molar-refractivity contribution in [1.82, 2.24) is 9.47 Å².